The second kappa shape index (κ2) is 6.30. The standard InChI is InChI=1S/C25H33NO/c1-24-12-10-19(27-3)15-18(24)6-7-20-22-9-8-21(17-5-4-14-26-16-17)25(22,2)13-11-23(20)24/h4-6,8,14,16,19-20,22-23H,7,9-13,15H2,1-3H3/t19?,20?,22?,23?,24-,25+/m0/s1. The van der Waals surface area contributed by atoms with Gasteiger partial charge < -0.3 is 4.74 Å². The van der Waals surface area contributed by atoms with Crippen LogP contribution in [-0.2, 0) is 4.74 Å². The van der Waals surface area contributed by atoms with Crippen molar-refractivity contribution in [1.29, 1.82) is 0 Å². The van der Waals surface area contributed by atoms with Crippen molar-refractivity contribution in [2.75, 3.05) is 7.11 Å². The van der Waals surface area contributed by atoms with Gasteiger partial charge in [0.05, 0.1) is 6.10 Å². The molecule has 27 heavy (non-hydrogen) atoms. The number of methoxy groups -OCH3 is 1. The van der Waals surface area contributed by atoms with E-state index >= 15 is 0 Å². The maximum Gasteiger partial charge on any atom is 0.0608 e. The molecule has 0 aromatic carbocycles. The molecule has 6 atom stereocenters. The van der Waals surface area contributed by atoms with Crippen LogP contribution in [0, 0.1) is 28.6 Å². The predicted molar refractivity (Wildman–Crippen MR) is 110 cm³/mol. The number of ether oxygens (including phenoxy) is 1. The van der Waals surface area contributed by atoms with Crippen LogP contribution >= 0.6 is 0 Å². The molecule has 0 aliphatic heterocycles. The molecule has 0 N–H and O–H groups in total. The van der Waals surface area contributed by atoms with Gasteiger partial charge in [0.15, 0.2) is 0 Å². The van der Waals surface area contributed by atoms with Gasteiger partial charge in [-0.2, -0.15) is 0 Å². The van der Waals surface area contributed by atoms with E-state index in [1.54, 1.807) is 11.1 Å². The van der Waals surface area contributed by atoms with Gasteiger partial charge in [-0.15, -0.1) is 0 Å². The van der Waals surface area contributed by atoms with Crippen LogP contribution in [0.25, 0.3) is 5.57 Å². The molecule has 0 radical (unpaired) electrons. The van der Waals surface area contributed by atoms with Crippen LogP contribution in [0.15, 0.2) is 42.3 Å². The van der Waals surface area contributed by atoms with Crippen LogP contribution in [0.5, 0.6) is 0 Å². The molecule has 4 aliphatic rings. The summed E-state index contributed by atoms with van der Waals surface area (Å²) in [4.78, 5) is 4.40. The third-order valence-corrected chi connectivity index (χ3v) is 8.95. The SMILES string of the molecule is COC1CC[C@@]2(C)C(=CCC3C2CC[C@]2(C)C(c4cccnc4)=CCC32)C1. The molecular weight excluding hydrogens is 330 g/mol. The third-order valence-electron chi connectivity index (χ3n) is 8.95. The molecular formula is C25H33NO. The molecule has 1 aromatic rings. The Labute approximate surface area is 164 Å². The molecule has 1 heterocycles. The molecule has 1 aromatic heterocycles. The first-order valence-corrected chi connectivity index (χ1v) is 10.9. The van der Waals surface area contributed by atoms with Gasteiger partial charge >= 0.3 is 0 Å². The Morgan fingerprint density at radius 1 is 1.04 bits per heavy atom. The molecule has 4 aliphatic carbocycles. The Morgan fingerprint density at radius 3 is 2.67 bits per heavy atom. The van der Waals surface area contributed by atoms with E-state index in [0.717, 1.165) is 24.2 Å². The minimum absolute atomic E-state index is 0.329. The first kappa shape index (κ1) is 17.7. The lowest BCUT2D eigenvalue weighted by Gasteiger charge is -2.58. The van der Waals surface area contributed by atoms with Gasteiger partial charge in [0, 0.05) is 19.5 Å². The highest BCUT2D eigenvalue weighted by atomic mass is 16.5. The molecule has 2 nitrogen and oxygen atoms in total. The number of aromatic nitrogens is 1. The van der Waals surface area contributed by atoms with Gasteiger partial charge in [-0.3, -0.25) is 4.98 Å². The predicted octanol–water partition coefficient (Wildman–Crippen LogP) is 6.05. The molecule has 0 bridgehead atoms. The molecule has 4 unspecified atom stereocenters. The summed E-state index contributed by atoms with van der Waals surface area (Å²) in [6.07, 6.45) is 18.5. The summed E-state index contributed by atoms with van der Waals surface area (Å²) in [6.45, 7) is 5.12. The van der Waals surface area contributed by atoms with Crippen LogP contribution in [0.4, 0.5) is 0 Å². The number of hydrogen-bond donors (Lipinski definition) is 0. The van der Waals surface area contributed by atoms with Gasteiger partial charge in [0.1, 0.15) is 0 Å². The first-order valence-electron chi connectivity index (χ1n) is 10.9. The van der Waals surface area contributed by atoms with Crippen molar-refractivity contribution in [2.24, 2.45) is 28.6 Å². The van der Waals surface area contributed by atoms with E-state index in [2.05, 4.69) is 49.3 Å². The normalized spacial score (nSPS) is 43.2. The summed E-state index contributed by atoms with van der Waals surface area (Å²) in [5.41, 5.74) is 5.37. The van der Waals surface area contributed by atoms with Crippen LogP contribution in [0.3, 0.4) is 0 Å². The topological polar surface area (TPSA) is 22.1 Å². The van der Waals surface area contributed by atoms with E-state index in [4.69, 9.17) is 4.74 Å². The molecule has 2 fully saturated rings. The highest BCUT2D eigenvalue weighted by molar-refractivity contribution is 5.72. The number of allylic oxidation sites excluding steroid dienone is 3. The van der Waals surface area contributed by atoms with Crippen LogP contribution in [-0.4, -0.2) is 18.2 Å². The number of nitrogens with zero attached hydrogens (tertiary/aromatic N) is 1. The maximum atomic E-state index is 5.71. The molecule has 0 saturated heterocycles. The summed E-state index contributed by atoms with van der Waals surface area (Å²) >= 11 is 0. The Bertz CT molecular complexity index is 781. The Hall–Kier alpha value is -1.41. The van der Waals surface area contributed by atoms with Crippen molar-refractivity contribution >= 4 is 5.57 Å². The lowest BCUT2D eigenvalue weighted by molar-refractivity contribution is -0.0301. The fraction of sp³-hybridized carbons (Fsp3) is 0.640. The van der Waals surface area contributed by atoms with E-state index < -0.39 is 0 Å². The zero-order chi connectivity index (χ0) is 18.6. The third kappa shape index (κ3) is 2.52. The fourth-order valence-corrected chi connectivity index (χ4v) is 7.37. The fourth-order valence-electron chi connectivity index (χ4n) is 7.37. The van der Waals surface area contributed by atoms with Crippen LogP contribution in [0.2, 0.25) is 0 Å². The van der Waals surface area contributed by atoms with Gasteiger partial charge in [-0.1, -0.05) is 37.6 Å². The van der Waals surface area contributed by atoms with Gasteiger partial charge in [0.2, 0.25) is 0 Å². The van der Waals surface area contributed by atoms with E-state index in [1.165, 1.54) is 44.1 Å². The molecule has 144 valence electrons. The number of pyridine rings is 1. The molecule has 5 rings (SSSR count). The molecule has 0 amide bonds. The molecule has 2 heteroatoms. The number of fused-ring (bicyclic) bond motifs is 5. The summed E-state index contributed by atoms with van der Waals surface area (Å²) in [7, 11) is 1.88. The zero-order valence-electron chi connectivity index (χ0n) is 17.1. The monoisotopic (exact) mass is 363 g/mol. The Kier molecular flexibility index (Phi) is 4.13. The van der Waals surface area contributed by atoms with Crippen molar-refractivity contribution in [3.05, 3.63) is 47.8 Å². The summed E-state index contributed by atoms with van der Waals surface area (Å²) < 4.78 is 5.71. The number of rotatable bonds is 2. The lowest BCUT2D eigenvalue weighted by Crippen LogP contribution is -2.49. The molecule has 2 saturated carbocycles. The average molecular weight is 364 g/mol. The van der Waals surface area contributed by atoms with Crippen LogP contribution < -0.4 is 0 Å². The largest absolute Gasteiger partial charge is 0.381 e. The van der Waals surface area contributed by atoms with Crippen LogP contribution in [0.1, 0.15) is 64.4 Å². The minimum atomic E-state index is 0.329. The second-order valence-electron chi connectivity index (χ2n) is 9.91. The van der Waals surface area contributed by atoms with Gasteiger partial charge in [-0.25, -0.2) is 0 Å². The van der Waals surface area contributed by atoms with Gasteiger partial charge in [-0.05, 0) is 90.7 Å². The van der Waals surface area contributed by atoms with Crippen molar-refractivity contribution in [3.63, 3.8) is 0 Å². The summed E-state index contributed by atoms with van der Waals surface area (Å²) in [6, 6.07) is 4.34. The van der Waals surface area contributed by atoms with Crippen molar-refractivity contribution in [1.82, 2.24) is 4.98 Å². The highest BCUT2D eigenvalue weighted by Crippen LogP contribution is 2.66. The Morgan fingerprint density at radius 2 is 1.89 bits per heavy atom. The van der Waals surface area contributed by atoms with Crippen molar-refractivity contribution < 1.29 is 4.74 Å². The highest BCUT2D eigenvalue weighted by Gasteiger charge is 2.56. The first-order chi connectivity index (χ1) is 13.1. The van der Waals surface area contributed by atoms with Gasteiger partial charge in [0.25, 0.3) is 0 Å². The maximum absolute atomic E-state index is 5.71. The van der Waals surface area contributed by atoms with E-state index in [1.807, 2.05) is 13.3 Å². The molecule has 0 spiro atoms. The second-order valence-corrected chi connectivity index (χ2v) is 9.91. The number of hydrogen-bond acceptors (Lipinski definition) is 2. The van der Waals surface area contributed by atoms with E-state index in [0.29, 0.717) is 16.9 Å². The zero-order valence-corrected chi connectivity index (χ0v) is 17.1. The van der Waals surface area contributed by atoms with Crippen molar-refractivity contribution in [2.45, 2.75) is 64.9 Å². The Balaban J connectivity index is 1.45. The lowest BCUT2D eigenvalue weighted by atomic mass is 9.47. The smallest absolute Gasteiger partial charge is 0.0608 e. The van der Waals surface area contributed by atoms with Crippen molar-refractivity contribution in [3.8, 4) is 0 Å². The van der Waals surface area contributed by atoms with E-state index in [9.17, 15) is 0 Å². The van der Waals surface area contributed by atoms with E-state index in [-0.39, 0.29) is 0 Å². The summed E-state index contributed by atoms with van der Waals surface area (Å²) in [5.74, 6) is 2.48. The quantitative estimate of drug-likeness (QED) is 0.596. The minimum Gasteiger partial charge on any atom is -0.381 e. The average Bonchev–Trinajstić information content (AvgIpc) is 3.05. The summed E-state index contributed by atoms with van der Waals surface area (Å²) in [5, 5.41) is 0.